The summed E-state index contributed by atoms with van der Waals surface area (Å²) in [6.07, 6.45) is 3.31. The van der Waals surface area contributed by atoms with Gasteiger partial charge in [-0.2, -0.15) is 0 Å². The first-order chi connectivity index (χ1) is 15.1. The molecule has 2 N–H and O–H groups in total. The maximum atomic E-state index is 13.8. The normalized spacial score (nSPS) is 15.6. The van der Waals surface area contributed by atoms with Crippen molar-refractivity contribution < 1.29 is 9.18 Å². The smallest absolute Gasteiger partial charge is 0.258 e. The number of halogens is 1. The molecule has 6 heteroatoms. The van der Waals surface area contributed by atoms with Crippen LogP contribution in [0.5, 0.6) is 0 Å². The van der Waals surface area contributed by atoms with E-state index in [-0.39, 0.29) is 5.56 Å². The zero-order valence-electron chi connectivity index (χ0n) is 17.7. The molecule has 1 atom stereocenters. The fourth-order valence-electron chi connectivity index (χ4n) is 4.08. The van der Waals surface area contributed by atoms with Crippen LogP contribution in [0.2, 0.25) is 0 Å². The van der Waals surface area contributed by atoms with Gasteiger partial charge in [0.05, 0.1) is 5.56 Å². The molecule has 4 rings (SSSR count). The molecule has 1 aliphatic heterocycles. The van der Waals surface area contributed by atoms with Crippen molar-refractivity contribution in [3.05, 3.63) is 82.3 Å². The third kappa shape index (κ3) is 5.32. The standard InChI is InChI=1S/C25H28FN3OS/c1-2-23(24-8-5-17-31-24)27-19-13-15-29(16-14-19)20-11-9-18(10-12-20)28-25(30)21-6-3-4-7-22(21)26/h3-12,17,19,23,27H,2,13-16H2,1H3,(H,28,30). The molecule has 2 heterocycles. The van der Waals surface area contributed by atoms with Gasteiger partial charge in [0.1, 0.15) is 5.82 Å². The van der Waals surface area contributed by atoms with E-state index in [1.54, 1.807) is 12.1 Å². The summed E-state index contributed by atoms with van der Waals surface area (Å²) in [5, 5.41) is 8.75. The van der Waals surface area contributed by atoms with E-state index in [1.165, 1.54) is 17.0 Å². The molecule has 1 aliphatic rings. The predicted octanol–water partition coefficient (Wildman–Crippen LogP) is 5.85. The Balaban J connectivity index is 1.30. The maximum absolute atomic E-state index is 13.8. The Kier molecular flexibility index (Phi) is 6.99. The summed E-state index contributed by atoms with van der Waals surface area (Å²) in [5.74, 6) is -0.952. The molecule has 1 unspecified atom stereocenters. The summed E-state index contributed by atoms with van der Waals surface area (Å²) in [4.78, 5) is 16.1. The second-order valence-corrected chi connectivity index (χ2v) is 8.86. The first-order valence-corrected chi connectivity index (χ1v) is 11.7. The molecule has 31 heavy (non-hydrogen) atoms. The minimum Gasteiger partial charge on any atom is -0.371 e. The average Bonchev–Trinajstić information content (AvgIpc) is 3.33. The first-order valence-electron chi connectivity index (χ1n) is 10.8. The van der Waals surface area contributed by atoms with Crippen LogP contribution < -0.4 is 15.5 Å². The second kappa shape index (κ2) is 10.1. The van der Waals surface area contributed by atoms with Crippen molar-refractivity contribution >= 4 is 28.6 Å². The molecule has 1 aromatic heterocycles. The molecule has 0 bridgehead atoms. The number of hydrogen-bond donors (Lipinski definition) is 2. The van der Waals surface area contributed by atoms with Gasteiger partial charge in [0.25, 0.3) is 5.91 Å². The lowest BCUT2D eigenvalue weighted by atomic mass is 10.0. The highest BCUT2D eigenvalue weighted by atomic mass is 32.1. The first kappa shape index (κ1) is 21.5. The molecule has 162 valence electrons. The van der Waals surface area contributed by atoms with E-state index in [1.807, 2.05) is 35.6 Å². The summed E-state index contributed by atoms with van der Waals surface area (Å²) < 4.78 is 13.8. The van der Waals surface area contributed by atoms with Crippen molar-refractivity contribution in [2.45, 2.75) is 38.3 Å². The van der Waals surface area contributed by atoms with Crippen molar-refractivity contribution in [2.75, 3.05) is 23.3 Å². The molecule has 2 aromatic carbocycles. The molecule has 0 radical (unpaired) electrons. The van der Waals surface area contributed by atoms with Crippen molar-refractivity contribution in [3.63, 3.8) is 0 Å². The Hall–Kier alpha value is -2.70. The fraction of sp³-hybridized carbons (Fsp3) is 0.320. The van der Waals surface area contributed by atoms with Gasteiger partial charge < -0.3 is 15.5 Å². The maximum Gasteiger partial charge on any atom is 0.258 e. The van der Waals surface area contributed by atoms with Gasteiger partial charge in [-0.05, 0) is 67.1 Å². The van der Waals surface area contributed by atoms with E-state index in [2.05, 4.69) is 40.0 Å². The Morgan fingerprint density at radius 3 is 2.48 bits per heavy atom. The molecule has 1 fully saturated rings. The summed E-state index contributed by atoms with van der Waals surface area (Å²) in [6, 6.07) is 19.1. The van der Waals surface area contributed by atoms with E-state index in [9.17, 15) is 9.18 Å². The minimum atomic E-state index is -0.516. The van der Waals surface area contributed by atoms with Crippen molar-refractivity contribution in [1.82, 2.24) is 5.32 Å². The number of hydrogen-bond acceptors (Lipinski definition) is 4. The van der Waals surface area contributed by atoms with Gasteiger partial charge in [-0.1, -0.05) is 25.1 Å². The van der Waals surface area contributed by atoms with Crippen LogP contribution >= 0.6 is 11.3 Å². The summed E-state index contributed by atoms with van der Waals surface area (Å²) in [6.45, 7) is 4.23. The highest BCUT2D eigenvalue weighted by Gasteiger charge is 2.22. The number of carbonyl (C=O) groups excluding carboxylic acids is 1. The van der Waals surface area contributed by atoms with E-state index >= 15 is 0 Å². The SMILES string of the molecule is CCC(NC1CCN(c2ccc(NC(=O)c3ccccc3F)cc2)CC1)c1cccs1. The van der Waals surface area contributed by atoms with Crippen LogP contribution in [0.3, 0.4) is 0 Å². The fourth-order valence-corrected chi connectivity index (χ4v) is 4.95. The third-order valence-electron chi connectivity index (χ3n) is 5.84. The number of piperidine rings is 1. The number of thiophene rings is 1. The van der Waals surface area contributed by atoms with Crippen LogP contribution in [0.4, 0.5) is 15.8 Å². The third-order valence-corrected chi connectivity index (χ3v) is 6.82. The van der Waals surface area contributed by atoms with Crippen LogP contribution in [0, 0.1) is 5.82 Å². The zero-order chi connectivity index (χ0) is 21.6. The lowest BCUT2D eigenvalue weighted by Gasteiger charge is -2.35. The quantitative estimate of drug-likeness (QED) is 0.487. The van der Waals surface area contributed by atoms with Gasteiger partial charge in [0, 0.05) is 41.4 Å². The number of carbonyl (C=O) groups is 1. The van der Waals surface area contributed by atoms with E-state index in [0.717, 1.165) is 38.0 Å². The molecule has 1 amide bonds. The molecule has 0 saturated carbocycles. The zero-order valence-corrected chi connectivity index (χ0v) is 18.5. The van der Waals surface area contributed by atoms with Crippen LogP contribution in [0.25, 0.3) is 0 Å². The number of anilines is 2. The Labute approximate surface area is 187 Å². The summed E-state index contributed by atoms with van der Waals surface area (Å²) >= 11 is 1.82. The largest absolute Gasteiger partial charge is 0.371 e. The van der Waals surface area contributed by atoms with Crippen LogP contribution in [-0.2, 0) is 0 Å². The number of amides is 1. The molecule has 0 aliphatic carbocycles. The highest BCUT2D eigenvalue weighted by molar-refractivity contribution is 7.10. The van der Waals surface area contributed by atoms with Crippen LogP contribution in [-0.4, -0.2) is 25.0 Å². The Morgan fingerprint density at radius 2 is 1.84 bits per heavy atom. The summed E-state index contributed by atoms with van der Waals surface area (Å²) in [5.41, 5.74) is 1.86. The number of nitrogens with zero attached hydrogens (tertiary/aromatic N) is 1. The predicted molar refractivity (Wildman–Crippen MR) is 127 cm³/mol. The van der Waals surface area contributed by atoms with E-state index in [4.69, 9.17) is 0 Å². The minimum absolute atomic E-state index is 0.0501. The number of nitrogens with one attached hydrogen (secondary N) is 2. The Morgan fingerprint density at radius 1 is 1.10 bits per heavy atom. The van der Waals surface area contributed by atoms with Crippen LogP contribution in [0.1, 0.15) is 47.5 Å². The van der Waals surface area contributed by atoms with Crippen LogP contribution in [0.15, 0.2) is 66.0 Å². The topological polar surface area (TPSA) is 44.4 Å². The van der Waals surface area contributed by atoms with Gasteiger partial charge >= 0.3 is 0 Å². The second-order valence-electron chi connectivity index (χ2n) is 7.89. The monoisotopic (exact) mass is 437 g/mol. The highest BCUT2D eigenvalue weighted by Crippen LogP contribution is 2.26. The number of benzene rings is 2. The van der Waals surface area contributed by atoms with Crippen molar-refractivity contribution in [1.29, 1.82) is 0 Å². The van der Waals surface area contributed by atoms with Gasteiger partial charge in [-0.15, -0.1) is 11.3 Å². The van der Waals surface area contributed by atoms with Gasteiger partial charge in [-0.3, -0.25) is 4.79 Å². The van der Waals surface area contributed by atoms with Gasteiger partial charge in [-0.25, -0.2) is 4.39 Å². The van der Waals surface area contributed by atoms with Crippen molar-refractivity contribution in [3.8, 4) is 0 Å². The van der Waals surface area contributed by atoms with E-state index in [0.29, 0.717) is 17.8 Å². The molecule has 0 spiro atoms. The molecule has 3 aromatic rings. The number of rotatable bonds is 7. The lowest BCUT2D eigenvalue weighted by molar-refractivity contribution is 0.102. The van der Waals surface area contributed by atoms with Crippen molar-refractivity contribution in [2.24, 2.45) is 0 Å². The molecular weight excluding hydrogens is 409 g/mol. The molecule has 4 nitrogen and oxygen atoms in total. The van der Waals surface area contributed by atoms with Gasteiger partial charge in [0.15, 0.2) is 0 Å². The summed E-state index contributed by atoms with van der Waals surface area (Å²) in [7, 11) is 0. The average molecular weight is 438 g/mol. The lowest BCUT2D eigenvalue weighted by Crippen LogP contribution is -2.43. The van der Waals surface area contributed by atoms with E-state index < -0.39 is 11.7 Å². The molecular formula is C25H28FN3OS. The Bertz CT molecular complexity index is 982. The van der Waals surface area contributed by atoms with Gasteiger partial charge in [0.2, 0.25) is 0 Å². The molecule has 1 saturated heterocycles.